The maximum atomic E-state index is 12.8. The van der Waals surface area contributed by atoms with Crippen LogP contribution in [0.2, 0.25) is 0 Å². The van der Waals surface area contributed by atoms with Gasteiger partial charge in [-0.05, 0) is 51.8 Å². The van der Waals surface area contributed by atoms with Crippen LogP contribution in [0.25, 0.3) is 0 Å². The SMILES string of the molecule is COc1cc(C(=O)N2CCCN(CC(=O)NC(C)(C)C)CC2)ccc1C. The van der Waals surface area contributed by atoms with Gasteiger partial charge >= 0.3 is 0 Å². The van der Waals surface area contributed by atoms with E-state index in [-0.39, 0.29) is 17.4 Å². The molecule has 0 aromatic heterocycles. The minimum absolute atomic E-state index is 0.0179. The standard InChI is InChI=1S/C20H31N3O3/c1-15-7-8-16(13-17(15)26-5)19(25)23-10-6-9-22(11-12-23)14-18(24)21-20(2,3)4/h7-8,13H,6,9-12,14H2,1-5H3,(H,21,24). The molecule has 6 heteroatoms. The minimum atomic E-state index is -0.227. The number of carbonyl (C=O) groups is 2. The van der Waals surface area contributed by atoms with Crippen LogP contribution in [0.5, 0.6) is 5.75 Å². The van der Waals surface area contributed by atoms with Crippen molar-refractivity contribution in [1.82, 2.24) is 15.1 Å². The van der Waals surface area contributed by atoms with Crippen molar-refractivity contribution in [2.75, 3.05) is 39.8 Å². The highest BCUT2D eigenvalue weighted by Gasteiger charge is 2.23. The summed E-state index contributed by atoms with van der Waals surface area (Å²) in [6, 6.07) is 5.56. The van der Waals surface area contributed by atoms with Crippen LogP contribution < -0.4 is 10.1 Å². The second-order valence-corrected chi connectivity index (χ2v) is 7.90. The molecule has 1 fully saturated rings. The molecule has 0 radical (unpaired) electrons. The summed E-state index contributed by atoms with van der Waals surface area (Å²) in [4.78, 5) is 28.9. The van der Waals surface area contributed by atoms with Crippen LogP contribution in [0.15, 0.2) is 18.2 Å². The summed E-state index contributed by atoms with van der Waals surface area (Å²) >= 11 is 0. The van der Waals surface area contributed by atoms with Gasteiger partial charge in [0, 0.05) is 37.3 Å². The predicted molar refractivity (Wildman–Crippen MR) is 103 cm³/mol. The first-order valence-electron chi connectivity index (χ1n) is 9.17. The van der Waals surface area contributed by atoms with E-state index >= 15 is 0 Å². The molecule has 0 bridgehead atoms. The molecule has 1 aliphatic heterocycles. The lowest BCUT2D eigenvalue weighted by Crippen LogP contribution is -2.46. The maximum Gasteiger partial charge on any atom is 0.254 e. The molecule has 1 saturated heterocycles. The monoisotopic (exact) mass is 361 g/mol. The van der Waals surface area contributed by atoms with Crippen LogP contribution in [0.4, 0.5) is 0 Å². The third-order valence-corrected chi connectivity index (χ3v) is 4.41. The molecule has 0 unspecified atom stereocenters. The molecular weight excluding hydrogens is 330 g/mol. The summed E-state index contributed by atoms with van der Waals surface area (Å²) in [6.07, 6.45) is 0.859. The number of rotatable bonds is 4. The molecule has 2 rings (SSSR count). The van der Waals surface area contributed by atoms with Crippen LogP contribution in [0.3, 0.4) is 0 Å². The third kappa shape index (κ3) is 5.73. The first-order chi connectivity index (χ1) is 12.2. The summed E-state index contributed by atoms with van der Waals surface area (Å²) in [6.45, 7) is 11.1. The quantitative estimate of drug-likeness (QED) is 0.892. The number of aryl methyl sites for hydroxylation is 1. The molecule has 0 spiro atoms. The molecule has 0 atom stereocenters. The van der Waals surface area contributed by atoms with Crippen LogP contribution in [0, 0.1) is 6.92 Å². The number of carbonyl (C=O) groups excluding carboxylic acids is 2. The van der Waals surface area contributed by atoms with Gasteiger partial charge in [0.2, 0.25) is 5.91 Å². The Kier molecular flexibility index (Phi) is 6.64. The zero-order valence-electron chi connectivity index (χ0n) is 16.6. The van der Waals surface area contributed by atoms with E-state index in [4.69, 9.17) is 4.74 Å². The topological polar surface area (TPSA) is 61.9 Å². The van der Waals surface area contributed by atoms with Gasteiger partial charge in [-0.3, -0.25) is 14.5 Å². The lowest BCUT2D eigenvalue weighted by Gasteiger charge is -2.25. The number of nitrogens with zero attached hydrogens (tertiary/aromatic N) is 2. The molecular formula is C20H31N3O3. The largest absolute Gasteiger partial charge is 0.496 e. The molecule has 1 aromatic rings. The van der Waals surface area contributed by atoms with Crippen LogP contribution in [0.1, 0.15) is 43.1 Å². The number of amides is 2. The third-order valence-electron chi connectivity index (χ3n) is 4.41. The maximum absolute atomic E-state index is 12.8. The molecule has 6 nitrogen and oxygen atoms in total. The average Bonchev–Trinajstić information content (AvgIpc) is 2.78. The Morgan fingerprint density at radius 2 is 1.88 bits per heavy atom. The van der Waals surface area contributed by atoms with E-state index in [0.717, 1.165) is 24.3 Å². The van der Waals surface area contributed by atoms with Crippen molar-refractivity contribution in [3.63, 3.8) is 0 Å². The summed E-state index contributed by atoms with van der Waals surface area (Å²) in [5.41, 5.74) is 1.43. The van der Waals surface area contributed by atoms with Gasteiger partial charge < -0.3 is 15.0 Å². The van der Waals surface area contributed by atoms with Gasteiger partial charge in [-0.2, -0.15) is 0 Å². The second kappa shape index (κ2) is 8.54. The van der Waals surface area contributed by atoms with E-state index in [2.05, 4.69) is 10.2 Å². The smallest absolute Gasteiger partial charge is 0.254 e. The van der Waals surface area contributed by atoms with Gasteiger partial charge in [-0.15, -0.1) is 0 Å². The summed E-state index contributed by atoms with van der Waals surface area (Å²) in [7, 11) is 1.61. The van der Waals surface area contributed by atoms with Crippen molar-refractivity contribution in [1.29, 1.82) is 0 Å². The number of hydrogen-bond acceptors (Lipinski definition) is 4. The van der Waals surface area contributed by atoms with E-state index in [0.29, 0.717) is 31.7 Å². The van der Waals surface area contributed by atoms with Gasteiger partial charge in [-0.1, -0.05) is 6.07 Å². The van der Waals surface area contributed by atoms with Crippen molar-refractivity contribution < 1.29 is 14.3 Å². The second-order valence-electron chi connectivity index (χ2n) is 7.90. The van der Waals surface area contributed by atoms with Crippen molar-refractivity contribution in [2.24, 2.45) is 0 Å². The van der Waals surface area contributed by atoms with E-state index in [1.54, 1.807) is 13.2 Å². The first kappa shape index (κ1) is 20.2. The van der Waals surface area contributed by atoms with Crippen molar-refractivity contribution in [2.45, 2.75) is 39.7 Å². The van der Waals surface area contributed by atoms with Gasteiger partial charge in [0.1, 0.15) is 5.75 Å². The fraction of sp³-hybridized carbons (Fsp3) is 0.600. The Morgan fingerprint density at radius 3 is 2.54 bits per heavy atom. The molecule has 144 valence electrons. The van der Waals surface area contributed by atoms with Gasteiger partial charge in [-0.25, -0.2) is 0 Å². The number of ether oxygens (including phenoxy) is 1. The normalized spacial score (nSPS) is 16.1. The summed E-state index contributed by atoms with van der Waals surface area (Å²) in [5.74, 6) is 0.774. The van der Waals surface area contributed by atoms with Gasteiger partial charge in [0.25, 0.3) is 5.91 Å². The van der Waals surface area contributed by atoms with Crippen LogP contribution in [-0.4, -0.2) is 67.0 Å². The zero-order valence-corrected chi connectivity index (χ0v) is 16.6. The molecule has 0 saturated carbocycles. The number of nitrogens with one attached hydrogen (secondary N) is 1. The summed E-state index contributed by atoms with van der Waals surface area (Å²) < 4.78 is 5.32. The highest BCUT2D eigenvalue weighted by molar-refractivity contribution is 5.94. The Morgan fingerprint density at radius 1 is 1.15 bits per heavy atom. The van der Waals surface area contributed by atoms with Gasteiger partial charge in [0.15, 0.2) is 0 Å². The number of benzene rings is 1. The van der Waals surface area contributed by atoms with Crippen molar-refractivity contribution >= 4 is 11.8 Å². The van der Waals surface area contributed by atoms with E-state index < -0.39 is 0 Å². The highest BCUT2D eigenvalue weighted by atomic mass is 16.5. The van der Waals surface area contributed by atoms with E-state index in [1.807, 2.05) is 44.7 Å². The molecule has 1 heterocycles. The van der Waals surface area contributed by atoms with Crippen LogP contribution >= 0.6 is 0 Å². The number of hydrogen-bond donors (Lipinski definition) is 1. The van der Waals surface area contributed by atoms with Crippen LogP contribution in [-0.2, 0) is 4.79 Å². The predicted octanol–water partition coefficient (Wildman–Crippen LogP) is 2.07. The molecule has 0 aliphatic carbocycles. The Labute approximate surface area is 156 Å². The molecule has 26 heavy (non-hydrogen) atoms. The highest BCUT2D eigenvalue weighted by Crippen LogP contribution is 2.20. The van der Waals surface area contributed by atoms with Crippen molar-refractivity contribution in [3.05, 3.63) is 29.3 Å². The minimum Gasteiger partial charge on any atom is -0.496 e. The average molecular weight is 361 g/mol. The zero-order chi connectivity index (χ0) is 19.3. The fourth-order valence-corrected chi connectivity index (χ4v) is 3.13. The first-order valence-corrected chi connectivity index (χ1v) is 9.17. The van der Waals surface area contributed by atoms with E-state index in [1.165, 1.54) is 0 Å². The Hall–Kier alpha value is -2.08. The molecule has 1 aromatic carbocycles. The number of methoxy groups -OCH3 is 1. The molecule has 2 amide bonds. The fourth-order valence-electron chi connectivity index (χ4n) is 3.13. The molecule has 1 N–H and O–H groups in total. The van der Waals surface area contributed by atoms with E-state index in [9.17, 15) is 9.59 Å². The molecule has 1 aliphatic rings. The summed E-state index contributed by atoms with van der Waals surface area (Å²) in [5, 5.41) is 2.99. The van der Waals surface area contributed by atoms with Crippen molar-refractivity contribution in [3.8, 4) is 5.75 Å². The lowest BCUT2D eigenvalue weighted by molar-refractivity contribution is -0.123. The Bertz CT molecular complexity index is 652. The Balaban J connectivity index is 1.95. The van der Waals surface area contributed by atoms with Gasteiger partial charge in [0.05, 0.1) is 13.7 Å². The lowest BCUT2D eigenvalue weighted by atomic mass is 10.1.